The van der Waals surface area contributed by atoms with Gasteiger partial charge in [-0.1, -0.05) is 32.3 Å². The van der Waals surface area contributed by atoms with Gasteiger partial charge in [0, 0.05) is 12.8 Å². The molecule has 0 radical (unpaired) electrons. The Kier molecular flexibility index (Phi) is 10.8. The Morgan fingerprint density at radius 2 is 1.91 bits per heavy atom. The van der Waals surface area contributed by atoms with Crippen molar-refractivity contribution in [1.29, 1.82) is 0 Å². The number of aromatic hydroxyl groups is 1. The minimum absolute atomic E-state index is 0.0338. The summed E-state index contributed by atoms with van der Waals surface area (Å²) in [5.74, 6) is 0.341. The molecule has 1 aliphatic rings. The van der Waals surface area contributed by atoms with Crippen molar-refractivity contribution in [1.82, 2.24) is 0 Å². The zero-order valence-electron chi connectivity index (χ0n) is 18.7. The van der Waals surface area contributed by atoms with E-state index in [2.05, 4.69) is 6.92 Å². The Morgan fingerprint density at radius 1 is 1.16 bits per heavy atom. The van der Waals surface area contributed by atoms with Crippen LogP contribution in [-0.2, 0) is 20.7 Å². The molecule has 32 heavy (non-hydrogen) atoms. The Morgan fingerprint density at radius 3 is 2.56 bits per heavy atom. The summed E-state index contributed by atoms with van der Waals surface area (Å²) in [6.07, 6.45) is -3.17. The van der Waals surface area contributed by atoms with E-state index < -0.39 is 43.4 Å². The van der Waals surface area contributed by atoms with Crippen LogP contribution >= 0.6 is 0 Å². The van der Waals surface area contributed by atoms with Crippen molar-refractivity contribution in [3.05, 3.63) is 23.8 Å². The lowest BCUT2D eigenvalue weighted by atomic mass is 9.98. The van der Waals surface area contributed by atoms with Gasteiger partial charge in [0.25, 0.3) is 0 Å². The molecule has 1 aliphatic heterocycles. The van der Waals surface area contributed by atoms with Gasteiger partial charge >= 0.3 is 0 Å². The summed E-state index contributed by atoms with van der Waals surface area (Å²) in [5.41, 5.74) is 0.852. The molecule has 1 aromatic rings. The van der Waals surface area contributed by atoms with E-state index in [1.54, 1.807) is 12.1 Å². The lowest BCUT2D eigenvalue weighted by molar-refractivity contribution is -0.311. The van der Waals surface area contributed by atoms with E-state index in [4.69, 9.17) is 14.2 Å². The number of aliphatic hydroxyl groups is 4. The van der Waals surface area contributed by atoms with E-state index in [1.807, 2.05) is 0 Å². The van der Waals surface area contributed by atoms with Crippen molar-refractivity contribution < 1.29 is 44.5 Å². The molecule has 0 aromatic heterocycles. The molecule has 182 valence electrons. The Hall–Kier alpha value is -1.75. The van der Waals surface area contributed by atoms with Gasteiger partial charge in [0.1, 0.15) is 30.2 Å². The molecule has 1 heterocycles. The normalized spacial score (nSPS) is 26.6. The third kappa shape index (κ3) is 7.40. The molecule has 0 aliphatic carbocycles. The maximum atomic E-state index is 12.6. The first-order chi connectivity index (χ1) is 15.3. The molecule has 6 unspecified atom stereocenters. The predicted molar refractivity (Wildman–Crippen MR) is 115 cm³/mol. The minimum atomic E-state index is -1.53. The molecule has 0 amide bonds. The van der Waals surface area contributed by atoms with E-state index in [-0.39, 0.29) is 24.4 Å². The Bertz CT molecular complexity index is 709. The number of ketones is 1. The van der Waals surface area contributed by atoms with Gasteiger partial charge in [-0.3, -0.25) is 4.79 Å². The Balaban J connectivity index is 1.97. The molecule has 9 nitrogen and oxygen atoms in total. The second kappa shape index (κ2) is 13.1. The van der Waals surface area contributed by atoms with Crippen LogP contribution in [0.1, 0.15) is 51.0 Å². The van der Waals surface area contributed by atoms with Gasteiger partial charge in [0.2, 0.25) is 0 Å². The highest BCUT2D eigenvalue weighted by molar-refractivity contribution is 5.79. The van der Waals surface area contributed by atoms with Gasteiger partial charge in [-0.2, -0.15) is 0 Å². The molecule has 5 N–H and O–H groups in total. The molecule has 0 saturated carbocycles. The smallest absolute Gasteiger partial charge is 0.186 e. The van der Waals surface area contributed by atoms with Crippen molar-refractivity contribution >= 4 is 5.78 Å². The van der Waals surface area contributed by atoms with Gasteiger partial charge in [-0.25, -0.2) is 0 Å². The molecule has 0 spiro atoms. The summed E-state index contributed by atoms with van der Waals surface area (Å²) in [4.78, 5) is 12.6. The maximum Gasteiger partial charge on any atom is 0.186 e. The van der Waals surface area contributed by atoms with Crippen molar-refractivity contribution in [2.45, 2.75) is 88.7 Å². The lowest BCUT2D eigenvalue weighted by Gasteiger charge is -2.40. The molecule has 9 heteroatoms. The first-order valence-electron chi connectivity index (χ1n) is 11.1. The third-order valence-electron chi connectivity index (χ3n) is 5.70. The fraction of sp³-hybridized carbons (Fsp3) is 0.696. The molecular weight excluding hydrogens is 420 g/mol. The van der Waals surface area contributed by atoms with Gasteiger partial charge in [0.15, 0.2) is 17.8 Å². The van der Waals surface area contributed by atoms with Crippen LogP contribution < -0.4 is 4.74 Å². The number of rotatable bonds is 13. The Labute approximate surface area is 188 Å². The third-order valence-corrected chi connectivity index (χ3v) is 5.70. The number of carbonyl (C=O) groups is 1. The number of hydrogen-bond acceptors (Lipinski definition) is 9. The molecule has 0 bridgehead atoms. The zero-order chi connectivity index (χ0) is 23.7. The van der Waals surface area contributed by atoms with Gasteiger partial charge < -0.3 is 39.7 Å². The SMILES string of the molecule is CCCCCC(CC(=O)CCc1ccc(O)c(OC)c1)OC1OC(CO)C(O)C(O)C1O. The summed E-state index contributed by atoms with van der Waals surface area (Å²) in [7, 11) is 1.46. The van der Waals surface area contributed by atoms with Crippen LogP contribution in [-0.4, -0.2) is 81.8 Å². The summed E-state index contributed by atoms with van der Waals surface area (Å²) in [6.45, 7) is 1.52. The van der Waals surface area contributed by atoms with Crippen molar-refractivity contribution in [3.8, 4) is 11.5 Å². The number of unbranched alkanes of at least 4 members (excludes halogenated alkanes) is 2. The standard InChI is InChI=1S/C23H36O9/c1-3-4-5-6-16(31-23-22(29)21(28)20(27)19(13-24)32-23)12-15(25)9-7-14-8-10-17(26)18(11-14)30-2/h8,10-11,16,19-24,26-29H,3-7,9,12-13H2,1-2H3. The first-order valence-corrected chi connectivity index (χ1v) is 11.1. The zero-order valence-corrected chi connectivity index (χ0v) is 18.7. The van der Waals surface area contributed by atoms with Crippen LogP contribution in [0, 0.1) is 0 Å². The molecule has 1 saturated heterocycles. The number of methoxy groups -OCH3 is 1. The number of aliphatic hydroxyl groups excluding tert-OH is 4. The van der Waals surface area contributed by atoms with Crippen LogP contribution in [0.5, 0.6) is 11.5 Å². The van der Waals surface area contributed by atoms with Crippen molar-refractivity contribution in [2.75, 3.05) is 13.7 Å². The fourth-order valence-corrected chi connectivity index (χ4v) is 3.73. The van der Waals surface area contributed by atoms with E-state index in [9.17, 15) is 30.3 Å². The summed E-state index contributed by atoms with van der Waals surface area (Å²) in [6, 6.07) is 4.94. The monoisotopic (exact) mass is 456 g/mol. The number of aryl methyl sites for hydroxylation is 1. The molecule has 1 fully saturated rings. The van der Waals surface area contributed by atoms with Crippen LogP contribution in [0.3, 0.4) is 0 Å². The number of ether oxygens (including phenoxy) is 3. The highest BCUT2D eigenvalue weighted by Gasteiger charge is 2.44. The minimum Gasteiger partial charge on any atom is -0.504 e. The second-order valence-electron chi connectivity index (χ2n) is 8.20. The van der Waals surface area contributed by atoms with Gasteiger partial charge in [-0.15, -0.1) is 0 Å². The molecule has 2 rings (SSSR count). The number of phenols is 1. The van der Waals surface area contributed by atoms with Crippen LogP contribution in [0.25, 0.3) is 0 Å². The fourth-order valence-electron chi connectivity index (χ4n) is 3.73. The van der Waals surface area contributed by atoms with E-state index in [1.165, 1.54) is 13.2 Å². The number of benzene rings is 1. The van der Waals surface area contributed by atoms with E-state index in [0.717, 1.165) is 24.8 Å². The van der Waals surface area contributed by atoms with Crippen LogP contribution in [0.15, 0.2) is 18.2 Å². The van der Waals surface area contributed by atoms with Gasteiger partial charge in [-0.05, 0) is 30.5 Å². The number of hydrogen-bond donors (Lipinski definition) is 5. The van der Waals surface area contributed by atoms with Gasteiger partial charge in [0.05, 0.1) is 19.8 Å². The lowest BCUT2D eigenvalue weighted by Crippen LogP contribution is -2.59. The molecular formula is C23H36O9. The largest absolute Gasteiger partial charge is 0.504 e. The highest BCUT2D eigenvalue weighted by Crippen LogP contribution is 2.28. The quantitative estimate of drug-likeness (QED) is 0.275. The summed E-state index contributed by atoms with van der Waals surface area (Å²) < 4.78 is 16.4. The topological polar surface area (TPSA) is 146 Å². The van der Waals surface area contributed by atoms with E-state index in [0.29, 0.717) is 18.6 Å². The summed E-state index contributed by atoms with van der Waals surface area (Å²) in [5, 5.41) is 49.2. The number of carbonyl (C=O) groups excluding carboxylic acids is 1. The summed E-state index contributed by atoms with van der Waals surface area (Å²) >= 11 is 0. The number of phenolic OH excluding ortho intramolecular Hbond substituents is 1. The molecule has 6 atom stereocenters. The van der Waals surface area contributed by atoms with Crippen molar-refractivity contribution in [2.24, 2.45) is 0 Å². The average Bonchev–Trinajstić information content (AvgIpc) is 2.78. The van der Waals surface area contributed by atoms with E-state index >= 15 is 0 Å². The second-order valence-corrected chi connectivity index (χ2v) is 8.20. The van der Waals surface area contributed by atoms with Crippen LogP contribution in [0.2, 0.25) is 0 Å². The molecule has 1 aromatic carbocycles. The van der Waals surface area contributed by atoms with Crippen LogP contribution in [0.4, 0.5) is 0 Å². The maximum absolute atomic E-state index is 12.6. The average molecular weight is 457 g/mol. The highest BCUT2D eigenvalue weighted by atomic mass is 16.7. The first kappa shape index (κ1) is 26.5. The number of Topliss-reactive ketones (excluding diaryl/α,β-unsaturated/α-hetero) is 1. The van der Waals surface area contributed by atoms with Crippen molar-refractivity contribution in [3.63, 3.8) is 0 Å². The predicted octanol–water partition coefficient (Wildman–Crippen LogP) is 1.06.